The summed E-state index contributed by atoms with van der Waals surface area (Å²) < 4.78 is 1.01. The smallest absolute Gasteiger partial charge is 0.0439 e. The Balaban J connectivity index is 2.24. The molecule has 0 bridgehead atoms. The van der Waals surface area contributed by atoms with Crippen molar-refractivity contribution in [1.29, 1.82) is 0 Å². The van der Waals surface area contributed by atoms with E-state index in [-0.39, 0.29) is 6.04 Å². The van der Waals surface area contributed by atoms with Gasteiger partial charge in [0.25, 0.3) is 0 Å². The SMILES string of the molecule is NC(Cc1cc(Cl)ccc1Cl)c1ccccc1Br. The zero-order valence-electron chi connectivity index (χ0n) is 9.54. The molecule has 0 saturated carbocycles. The van der Waals surface area contributed by atoms with Crippen LogP contribution in [0.4, 0.5) is 0 Å². The summed E-state index contributed by atoms with van der Waals surface area (Å²) in [4.78, 5) is 0. The van der Waals surface area contributed by atoms with Crippen LogP contribution in [0.5, 0.6) is 0 Å². The monoisotopic (exact) mass is 343 g/mol. The van der Waals surface area contributed by atoms with E-state index in [0.717, 1.165) is 15.6 Å². The summed E-state index contributed by atoms with van der Waals surface area (Å²) in [5.41, 5.74) is 8.24. The maximum absolute atomic E-state index is 6.22. The Kier molecular flexibility index (Phi) is 4.68. The van der Waals surface area contributed by atoms with E-state index in [1.807, 2.05) is 30.3 Å². The molecule has 1 atom stereocenters. The van der Waals surface area contributed by atoms with E-state index in [1.165, 1.54) is 0 Å². The summed E-state index contributed by atoms with van der Waals surface area (Å²) in [6.07, 6.45) is 0.655. The fourth-order valence-electron chi connectivity index (χ4n) is 1.82. The van der Waals surface area contributed by atoms with Crippen LogP contribution < -0.4 is 5.73 Å². The van der Waals surface area contributed by atoms with E-state index in [0.29, 0.717) is 16.5 Å². The van der Waals surface area contributed by atoms with Gasteiger partial charge in [0.1, 0.15) is 0 Å². The first-order valence-corrected chi connectivity index (χ1v) is 7.07. The first-order valence-electron chi connectivity index (χ1n) is 5.52. The van der Waals surface area contributed by atoms with Gasteiger partial charge in [0.2, 0.25) is 0 Å². The van der Waals surface area contributed by atoms with Gasteiger partial charge in [0, 0.05) is 20.6 Å². The van der Waals surface area contributed by atoms with Gasteiger partial charge in [-0.15, -0.1) is 0 Å². The number of hydrogen-bond donors (Lipinski definition) is 1. The van der Waals surface area contributed by atoms with E-state index in [2.05, 4.69) is 15.9 Å². The molecular weight excluding hydrogens is 333 g/mol. The average molecular weight is 345 g/mol. The third-order valence-electron chi connectivity index (χ3n) is 2.75. The van der Waals surface area contributed by atoms with E-state index < -0.39 is 0 Å². The first kappa shape index (κ1) is 13.9. The van der Waals surface area contributed by atoms with Crippen LogP contribution in [0.25, 0.3) is 0 Å². The van der Waals surface area contributed by atoms with Crippen LogP contribution in [0, 0.1) is 0 Å². The highest BCUT2D eigenvalue weighted by molar-refractivity contribution is 9.10. The van der Waals surface area contributed by atoms with Crippen molar-refractivity contribution in [3.05, 3.63) is 68.1 Å². The van der Waals surface area contributed by atoms with Crippen molar-refractivity contribution < 1.29 is 0 Å². The molecule has 0 fully saturated rings. The molecule has 0 aliphatic carbocycles. The highest BCUT2D eigenvalue weighted by atomic mass is 79.9. The van der Waals surface area contributed by atoms with Crippen molar-refractivity contribution in [1.82, 2.24) is 0 Å². The topological polar surface area (TPSA) is 26.0 Å². The second-order valence-corrected chi connectivity index (χ2v) is 5.77. The maximum Gasteiger partial charge on any atom is 0.0439 e. The van der Waals surface area contributed by atoms with Gasteiger partial charge in [-0.25, -0.2) is 0 Å². The molecule has 0 aromatic heterocycles. The summed E-state index contributed by atoms with van der Waals surface area (Å²) in [5.74, 6) is 0. The molecule has 0 aliphatic heterocycles. The molecule has 1 nitrogen and oxygen atoms in total. The molecule has 18 heavy (non-hydrogen) atoms. The standard InChI is InChI=1S/C14H12BrCl2N/c15-12-4-2-1-3-11(12)14(18)8-9-7-10(16)5-6-13(9)17/h1-7,14H,8,18H2. The van der Waals surface area contributed by atoms with Crippen molar-refractivity contribution in [3.8, 4) is 0 Å². The number of hydrogen-bond acceptors (Lipinski definition) is 1. The fourth-order valence-corrected chi connectivity index (χ4v) is 2.79. The second kappa shape index (κ2) is 6.07. The van der Waals surface area contributed by atoms with Gasteiger partial charge >= 0.3 is 0 Å². The lowest BCUT2D eigenvalue weighted by Gasteiger charge is -2.15. The van der Waals surface area contributed by atoms with Gasteiger partial charge in [-0.3, -0.25) is 0 Å². The molecule has 2 aromatic carbocycles. The quantitative estimate of drug-likeness (QED) is 0.833. The Labute approximate surface area is 125 Å². The highest BCUT2D eigenvalue weighted by Crippen LogP contribution is 2.28. The van der Waals surface area contributed by atoms with E-state index in [1.54, 1.807) is 12.1 Å². The van der Waals surface area contributed by atoms with Gasteiger partial charge < -0.3 is 5.73 Å². The molecule has 0 aliphatic rings. The van der Waals surface area contributed by atoms with E-state index in [4.69, 9.17) is 28.9 Å². The third-order valence-corrected chi connectivity index (χ3v) is 4.08. The van der Waals surface area contributed by atoms with Crippen LogP contribution in [-0.2, 0) is 6.42 Å². The minimum atomic E-state index is -0.114. The zero-order valence-corrected chi connectivity index (χ0v) is 12.6. The van der Waals surface area contributed by atoms with Gasteiger partial charge in [0.15, 0.2) is 0 Å². The van der Waals surface area contributed by atoms with Gasteiger partial charge in [-0.1, -0.05) is 57.3 Å². The van der Waals surface area contributed by atoms with Crippen LogP contribution in [0.15, 0.2) is 46.9 Å². The third kappa shape index (κ3) is 3.27. The summed E-state index contributed by atoms with van der Waals surface area (Å²) in [7, 11) is 0. The van der Waals surface area contributed by atoms with E-state index >= 15 is 0 Å². The lowest BCUT2D eigenvalue weighted by atomic mass is 10.00. The molecule has 4 heteroatoms. The van der Waals surface area contributed by atoms with Crippen molar-refractivity contribution >= 4 is 39.1 Å². The number of benzene rings is 2. The molecule has 0 radical (unpaired) electrons. The molecule has 0 spiro atoms. The molecule has 2 N–H and O–H groups in total. The van der Waals surface area contributed by atoms with Gasteiger partial charge in [-0.2, -0.15) is 0 Å². The minimum Gasteiger partial charge on any atom is -0.324 e. The lowest BCUT2D eigenvalue weighted by molar-refractivity contribution is 0.718. The Hall–Kier alpha value is -0.540. The molecule has 2 rings (SSSR count). The van der Waals surface area contributed by atoms with Crippen molar-refractivity contribution in [2.75, 3.05) is 0 Å². The Morgan fingerprint density at radius 2 is 1.83 bits per heavy atom. The summed E-state index contributed by atoms with van der Waals surface area (Å²) >= 11 is 15.6. The number of halogens is 3. The van der Waals surface area contributed by atoms with Gasteiger partial charge in [-0.05, 0) is 41.8 Å². The molecule has 0 heterocycles. The summed E-state index contributed by atoms with van der Waals surface area (Å²) in [5, 5.41) is 1.37. The normalized spacial score (nSPS) is 12.4. The lowest BCUT2D eigenvalue weighted by Crippen LogP contribution is -2.14. The Morgan fingerprint density at radius 3 is 2.56 bits per heavy atom. The summed E-state index contributed by atoms with van der Waals surface area (Å²) in [6.45, 7) is 0. The summed E-state index contributed by atoms with van der Waals surface area (Å²) in [6, 6.07) is 13.2. The fraction of sp³-hybridized carbons (Fsp3) is 0.143. The zero-order chi connectivity index (χ0) is 13.1. The van der Waals surface area contributed by atoms with Crippen LogP contribution in [-0.4, -0.2) is 0 Å². The molecule has 0 amide bonds. The predicted molar refractivity (Wildman–Crippen MR) is 81.2 cm³/mol. The van der Waals surface area contributed by atoms with Gasteiger partial charge in [0.05, 0.1) is 0 Å². The van der Waals surface area contributed by atoms with E-state index in [9.17, 15) is 0 Å². The van der Waals surface area contributed by atoms with Crippen LogP contribution in [0.1, 0.15) is 17.2 Å². The Bertz CT molecular complexity index is 557. The van der Waals surface area contributed by atoms with Crippen LogP contribution in [0.2, 0.25) is 10.0 Å². The molecule has 94 valence electrons. The van der Waals surface area contributed by atoms with Crippen LogP contribution in [0.3, 0.4) is 0 Å². The van der Waals surface area contributed by atoms with Crippen molar-refractivity contribution in [2.24, 2.45) is 5.73 Å². The molecular formula is C14H12BrCl2N. The van der Waals surface area contributed by atoms with Crippen LogP contribution >= 0.6 is 39.1 Å². The molecule has 2 aromatic rings. The number of nitrogens with two attached hydrogens (primary N) is 1. The highest BCUT2D eigenvalue weighted by Gasteiger charge is 2.12. The van der Waals surface area contributed by atoms with Crippen molar-refractivity contribution in [3.63, 3.8) is 0 Å². The predicted octanol–water partition coefficient (Wildman–Crippen LogP) is 5.00. The average Bonchev–Trinajstić information content (AvgIpc) is 2.34. The molecule has 1 unspecified atom stereocenters. The maximum atomic E-state index is 6.22. The largest absolute Gasteiger partial charge is 0.324 e. The first-order chi connectivity index (χ1) is 8.58. The van der Waals surface area contributed by atoms with Crippen molar-refractivity contribution in [2.45, 2.75) is 12.5 Å². The molecule has 0 saturated heterocycles. The number of rotatable bonds is 3. The minimum absolute atomic E-state index is 0.114. The Morgan fingerprint density at radius 1 is 1.11 bits per heavy atom. The second-order valence-electron chi connectivity index (χ2n) is 4.07.